The van der Waals surface area contributed by atoms with E-state index in [1.165, 1.54) is 0 Å². The van der Waals surface area contributed by atoms with Gasteiger partial charge in [0.25, 0.3) is 0 Å². The van der Waals surface area contributed by atoms with Crippen molar-refractivity contribution in [2.24, 2.45) is 0 Å². The van der Waals surface area contributed by atoms with Crippen LogP contribution in [0, 0.1) is 0 Å². The van der Waals surface area contributed by atoms with Gasteiger partial charge >= 0.3 is 0 Å². The molecule has 0 aliphatic carbocycles. The molecule has 0 saturated heterocycles. The summed E-state index contributed by atoms with van der Waals surface area (Å²) in [5.41, 5.74) is 1.34. The van der Waals surface area contributed by atoms with Crippen molar-refractivity contribution >= 4 is 28.4 Å². The molecule has 2 amide bonds. The van der Waals surface area contributed by atoms with Crippen LogP contribution in [-0.2, 0) is 9.59 Å². The number of carbonyl (C=O) groups excluding carboxylic acids is 2. The number of pyridine rings is 1. The summed E-state index contributed by atoms with van der Waals surface area (Å²) in [6.45, 7) is 1.47. The van der Waals surface area contributed by atoms with E-state index in [1.54, 1.807) is 12.3 Å². The number of aromatic nitrogens is 1. The highest BCUT2D eigenvalue weighted by atomic mass is 16.2. The fourth-order valence-corrected chi connectivity index (χ4v) is 2.23. The van der Waals surface area contributed by atoms with Crippen molar-refractivity contribution in [3.8, 4) is 0 Å². The monoisotopic (exact) mass is 314 g/mol. The van der Waals surface area contributed by atoms with Crippen molar-refractivity contribution in [2.45, 2.75) is 12.8 Å². The highest BCUT2D eigenvalue weighted by molar-refractivity contribution is 6.06. The van der Waals surface area contributed by atoms with Crippen molar-refractivity contribution in [3.05, 3.63) is 36.5 Å². The van der Waals surface area contributed by atoms with Gasteiger partial charge in [-0.3, -0.25) is 14.6 Å². The van der Waals surface area contributed by atoms with Gasteiger partial charge in [0, 0.05) is 18.1 Å². The van der Waals surface area contributed by atoms with Crippen molar-refractivity contribution in [3.63, 3.8) is 0 Å². The summed E-state index contributed by atoms with van der Waals surface area (Å²) >= 11 is 0. The number of anilines is 1. The second-order valence-electron chi connectivity index (χ2n) is 5.61. The van der Waals surface area contributed by atoms with E-state index in [0.717, 1.165) is 23.9 Å². The Morgan fingerprint density at radius 1 is 1.13 bits per heavy atom. The lowest BCUT2D eigenvalue weighted by atomic mass is 10.2. The van der Waals surface area contributed by atoms with Crippen LogP contribution in [0.4, 0.5) is 5.69 Å². The number of benzene rings is 1. The Kier molecular flexibility index (Phi) is 6.05. The van der Waals surface area contributed by atoms with Crippen LogP contribution in [0.2, 0.25) is 0 Å². The molecule has 0 saturated carbocycles. The number of hydrogen-bond acceptors (Lipinski definition) is 4. The third kappa shape index (κ3) is 5.34. The molecule has 0 bridgehead atoms. The molecular formula is C17H22N4O2. The van der Waals surface area contributed by atoms with Crippen LogP contribution in [0.5, 0.6) is 0 Å². The molecule has 0 aliphatic rings. The van der Waals surface area contributed by atoms with E-state index < -0.39 is 0 Å². The molecule has 0 atom stereocenters. The maximum Gasteiger partial charge on any atom is 0.233 e. The molecular weight excluding hydrogens is 292 g/mol. The second kappa shape index (κ2) is 8.24. The molecule has 6 nitrogen and oxygen atoms in total. The number of nitrogens with one attached hydrogen (secondary N) is 2. The Labute approximate surface area is 135 Å². The number of nitrogens with zero attached hydrogens (tertiary/aromatic N) is 2. The van der Waals surface area contributed by atoms with Gasteiger partial charge < -0.3 is 15.5 Å². The summed E-state index contributed by atoms with van der Waals surface area (Å²) in [7, 11) is 3.96. The van der Waals surface area contributed by atoms with Crippen LogP contribution in [0.25, 0.3) is 10.9 Å². The minimum Gasteiger partial charge on any atom is -0.356 e. The van der Waals surface area contributed by atoms with Crippen LogP contribution >= 0.6 is 0 Å². The van der Waals surface area contributed by atoms with Crippen LogP contribution in [0.3, 0.4) is 0 Å². The van der Waals surface area contributed by atoms with Crippen LogP contribution < -0.4 is 10.6 Å². The summed E-state index contributed by atoms with van der Waals surface area (Å²) < 4.78 is 0. The average Bonchev–Trinajstić information content (AvgIpc) is 2.51. The highest BCUT2D eigenvalue weighted by Crippen LogP contribution is 2.20. The zero-order valence-electron chi connectivity index (χ0n) is 13.5. The molecule has 0 radical (unpaired) electrons. The van der Waals surface area contributed by atoms with Crippen LogP contribution in [0.1, 0.15) is 12.8 Å². The Bertz CT molecular complexity index is 680. The first kappa shape index (κ1) is 16.9. The van der Waals surface area contributed by atoms with Gasteiger partial charge in [0.2, 0.25) is 11.8 Å². The smallest absolute Gasteiger partial charge is 0.233 e. The van der Waals surface area contributed by atoms with E-state index in [9.17, 15) is 9.59 Å². The third-order valence-electron chi connectivity index (χ3n) is 3.33. The lowest BCUT2D eigenvalue weighted by Gasteiger charge is -2.10. The first-order valence-electron chi connectivity index (χ1n) is 7.61. The van der Waals surface area contributed by atoms with Crippen molar-refractivity contribution in [1.29, 1.82) is 0 Å². The first-order valence-corrected chi connectivity index (χ1v) is 7.61. The zero-order valence-corrected chi connectivity index (χ0v) is 13.5. The zero-order chi connectivity index (χ0) is 16.7. The predicted molar refractivity (Wildman–Crippen MR) is 91.2 cm³/mol. The Morgan fingerprint density at radius 3 is 2.70 bits per heavy atom. The maximum absolute atomic E-state index is 12.0. The fourth-order valence-electron chi connectivity index (χ4n) is 2.23. The summed E-state index contributed by atoms with van der Waals surface area (Å²) in [4.78, 5) is 30.1. The molecule has 0 spiro atoms. The number of fused-ring (bicyclic) bond motifs is 1. The van der Waals surface area contributed by atoms with Crippen molar-refractivity contribution in [2.75, 3.05) is 32.5 Å². The molecule has 0 aliphatic heterocycles. The minimum atomic E-state index is -0.340. The summed E-state index contributed by atoms with van der Waals surface area (Å²) in [5, 5.41) is 6.45. The molecule has 0 unspecified atom stereocenters. The largest absolute Gasteiger partial charge is 0.356 e. The maximum atomic E-state index is 12.0. The lowest BCUT2D eigenvalue weighted by molar-refractivity contribution is -0.126. The molecule has 2 N–H and O–H groups in total. The summed E-state index contributed by atoms with van der Waals surface area (Å²) in [6.07, 6.45) is 2.34. The number of para-hydroxylation sites is 1. The minimum absolute atomic E-state index is 0.189. The standard InChI is InChI=1S/C17H22N4O2/c1-21(2)11-5-10-18-15(22)12-16(23)20-14-8-3-6-13-7-4-9-19-17(13)14/h3-4,6-9H,5,10-12H2,1-2H3,(H,18,22)(H,20,23). The molecule has 1 aromatic heterocycles. The topological polar surface area (TPSA) is 74.3 Å². The van der Waals surface area contributed by atoms with Gasteiger partial charge in [-0.25, -0.2) is 0 Å². The van der Waals surface area contributed by atoms with Gasteiger partial charge in [0.05, 0.1) is 11.2 Å². The van der Waals surface area contributed by atoms with E-state index in [2.05, 4.69) is 15.6 Å². The average molecular weight is 314 g/mol. The summed E-state index contributed by atoms with van der Waals surface area (Å²) in [6, 6.07) is 9.32. The first-order chi connectivity index (χ1) is 11.1. The SMILES string of the molecule is CN(C)CCCNC(=O)CC(=O)Nc1cccc2cccnc12. The third-order valence-corrected chi connectivity index (χ3v) is 3.33. The molecule has 23 heavy (non-hydrogen) atoms. The molecule has 6 heteroatoms. The Balaban J connectivity index is 1.85. The number of carbonyl (C=O) groups is 2. The van der Waals surface area contributed by atoms with Crippen LogP contribution in [-0.4, -0.2) is 48.9 Å². The van der Waals surface area contributed by atoms with E-state index in [4.69, 9.17) is 0 Å². The highest BCUT2D eigenvalue weighted by Gasteiger charge is 2.11. The Hall–Kier alpha value is -2.47. The molecule has 1 heterocycles. The van der Waals surface area contributed by atoms with Gasteiger partial charge in [0.15, 0.2) is 0 Å². The van der Waals surface area contributed by atoms with Gasteiger partial charge in [0.1, 0.15) is 6.42 Å². The van der Waals surface area contributed by atoms with E-state index >= 15 is 0 Å². The second-order valence-corrected chi connectivity index (χ2v) is 5.61. The summed E-state index contributed by atoms with van der Waals surface area (Å²) in [5.74, 6) is -0.609. The number of rotatable bonds is 7. The normalized spacial score (nSPS) is 10.7. The fraction of sp³-hybridized carbons (Fsp3) is 0.353. The quantitative estimate of drug-likeness (QED) is 0.602. The molecule has 0 fully saturated rings. The van der Waals surface area contributed by atoms with E-state index in [1.807, 2.05) is 43.3 Å². The molecule has 2 aromatic rings. The van der Waals surface area contributed by atoms with Crippen molar-refractivity contribution < 1.29 is 9.59 Å². The molecule has 1 aromatic carbocycles. The Morgan fingerprint density at radius 2 is 1.91 bits per heavy atom. The van der Waals surface area contributed by atoms with Crippen molar-refractivity contribution in [1.82, 2.24) is 15.2 Å². The van der Waals surface area contributed by atoms with Gasteiger partial charge in [-0.2, -0.15) is 0 Å². The number of hydrogen-bond donors (Lipinski definition) is 2. The predicted octanol–water partition coefficient (Wildman–Crippen LogP) is 1.63. The van der Waals surface area contributed by atoms with Crippen LogP contribution in [0.15, 0.2) is 36.5 Å². The lowest BCUT2D eigenvalue weighted by Crippen LogP contribution is -2.30. The molecule has 122 valence electrons. The number of amides is 2. The molecule has 2 rings (SSSR count). The van der Waals surface area contributed by atoms with E-state index in [0.29, 0.717) is 12.2 Å². The van der Waals surface area contributed by atoms with Gasteiger partial charge in [-0.15, -0.1) is 0 Å². The van der Waals surface area contributed by atoms with Gasteiger partial charge in [-0.1, -0.05) is 18.2 Å². The van der Waals surface area contributed by atoms with Gasteiger partial charge in [-0.05, 0) is 39.2 Å². The van der Waals surface area contributed by atoms with E-state index in [-0.39, 0.29) is 18.2 Å².